The van der Waals surface area contributed by atoms with Crippen LogP contribution in [0.5, 0.6) is 0 Å². The minimum Gasteiger partial charge on any atom is -0.462 e. The molecule has 5 atom stereocenters. The highest BCUT2D eigenvalue weighted by Gasteiger charge is 2.30. The van der Waals surface area contributed by atoms with Gasteiger partial charge in [0.05, 0.1) is 26.4 Å². The van der Waals surface area contributed by atoms with E-state index in [1.807, 2.05) is 20.8 Å². The highest BCUT2D eigenvalue weighted by molar-refractivity contribution is 7.47. The van der Waals surface area contributed by atoms with Crippen LogP contribution in [0.3, 0.4) is 0 Å². The Balaban J connectivity index is 4.97. The van der Waals surface area contributed by atoms with E-state index < -0.39 is 97.5 Å². The number of aliphatic hydroxyl groups excluding tert-OH is 1. The van der Waals surface area contributed by atoms with E-state index in [4.69, 9.17) is 37.0 Å². The summed E-state index contributed by atoms with van der Waals surface area (Å²) < 4.78 is 64.7. The Bertz CT molecular complexity index is 1060. The molecule has 0 rings (SSSR count). The fourth-order valence-electron chi connectivity index (χ4n) is 3.82. The van der Waals surface area contributed by atoms with Crippen molar-refractivity contribution < 1.29 is 80.2 Å². The summed E-state index contributed by atoms with van der Waals surface area (Å²) in [5, 5.41) is 10.1. The van der Waals surface area contributed by atoms with Crippen molar-refractivity contribution in [2.45, 2.75) is 136 Å². The Morgan fingerprint density at radius 1 is 0.480 bits per heavy atom. The van der Waals surface area contributed by atoms with Crippen molar-refractivity contribution in [1.29, 1.82) is 0 Å². The normalized spacial score (nSPS) is 15.6. The maximum Gasteiger partial charge on any atom is 0.472 e. The van der Waals surface area contributed by atoms with E-state index in [2.05, 4.69) is 0 Å². The van der Waals surface area contributed by atoms with Gasteiger partial charge >= 0.3 is 39.5 Å². The smallest absolute Gasteiger partial charge is 0.462 e. The van der Waals surface area contributed by atoms with Crippen LogP contribution < -0.4 is 0 Å². The van der Waals surface area contributed by atoms with Crippen LogP contribution in [0.4, 0.5) is 0 Å². The predicted molar refractivity (Wildman–Crippen MR) is 178 cm³/mol. The number of rotatable bonds is 32. The van der Waals surface area contributed by atoms with E-state index in [1.165, 1.54) is 0 Å². The number of aliphatic hydroxyl groups is 1. The molecule has 17 nitrogen and oxygen atoms in total. The first-order valence-electron chi connectivity index (χ1n) is 17.3. The van der Waals surface area contributed by atoms with Gasteiger partial charge in [0, 0.05) is 25.7 Å². The largest absolute Gasteiger partial charge is 0.472 e. The van der Waals surface area contributed by atoms with Crippen molar-refractivity contribution in [2.75, 3.05) is 39.6 Å². The number of phosphoric ester groups is 2. The Morgan fingerprint density at radius 2 is 0.860 bits per heavy atom. The summed E-state index contributed by atoms with van der Waals surface area (Å²) in [6.07, 6.45) is 3.66. The lowest BCUT2D eigenvalue weighted by molar-refractivity contribution is -0.161. The van der Waals surface area contributed by atoms with Gasteiger partial charge in [-0.25, -0.2) is 9.13 Å². The molecule has 0 fully saturated rings. The molecule has 0 aromatic carbocycles. The molecule has 0 bridgehead atoms. The number of carbonyl (C=O) groups is 4. The Labute approximate surface area is 295 Å². The van der Waals surface area contributed by atoms with Crippen molar-refractivity contribution in [3.05, 3.63) is 0 Å². The van der Waals surface area contributed by atoms with Crippen LogP contribution in [-0.2, 0) is 65.4 Å². The van der Waals surface area contributed by atoms with Gasteiger partial charge < -0.3 is 33.8 Å². The molecule has 294 valence electrons. The second kappa shape index (κ2) is 28.6. The zero-order chi connectivity index (χ0) is 37.8. The molecule has 0 aromatic heterocycles. The number of hydrogen-bond donors (Lipinski definition) is 3. The zero-order valence-corrected chi connectivity index (χ0v) is 31.6. The molecular weight excluding hydrogens is 706 g/mol. The van der Waals surface area contributed by atoms with Crippen molar-refractivity contribution >= 4 is 39.5 Å². The summed E-state index contributed by atoms with van der Waals surface area (Å²) in [4.78, 5) is 68.2. The first-order valence-corrected chi connectivity index (χ1v) is 20.3. The average molecular weight is 765 g/mol. The SMILES string of the molecule is CCCCCCC(=O)O[C@H](COC(=O)CCCC)COP(=O)(O)OC[C@@H](O)COP(=O)(O)OC[C@@H](COC(=O)CCC)OC(=O)CCCCC. The minimum atomic E-state index is -4.87. The van der Waals surface area contributed by atoms with Gasteiger partial charge in [-0.3, -0.25) is 37.3 Å². The molecule has 0 saturated carbocycles. The molecule has 0 aliphatic carbocycles. The van der Waals surface area contributed by atoms with Crippen molar-refractivity contribution in [1.82, 2.24) is 0 Å². The molecule has 0 amide bonds. The van der Waals surface area contributed by atoms with Crippen LogP contribution in [0.15, 0.2) is 0 Å². The third-order valence-electron chi connectivity index (χ3n) is 6.57. The van der Waals surface area contributed by atoms with Crippen LogP contribution in [0.25, 0.3) is 0 Å². The number of ether oxygens (including phenoxy) is 4. The quantitative estimate of drug-likeness (QED) is 0.0351. The Morgan fingerprint density at radius 3 is 1.30 bits per heavy atom. The molecule has 0 spiro atoms. The number of hydrogen-bond acceptors (Lipinski definition) is 15. The third-order valence-corrected chi connectivity index (χ3v) is 8.47. The second-order valence-corrected chi connectivity index (χ2v) is 14.4. The number of carbonyl (C=O) groups excluding carboxylic acids is 4. The lowest BCUT2D eigenvalue weighted by Crippen LogP contribution is -2.30. The lowest BCUT2D eigenvalue weighted by Gasteiger charge is -2.21. The Kier molecular flexibility index (Phi) is 27.5. The number of unbranched alkanes of at least 4 members (excludes halogenated alkanes) is 6. The molecule has 19 heteroatoms. The first kappa shape index (κ1) is 48.1. The summed E-state index contributed by atoms with van der Waals surface area (Å²) in [5.74, 6) is -2.32. The molecule has 0 aromatic rings. The van der Waals surface area contributed by atoms with Crippen LogP contribution in [-0.4, -0.2) is 96.7 Å². The average Bonchev–Trinajstić information content (AvgIpc) is 3.06. The van der Waals surface area contributed by atoms with Crippen LogP contribution in [0.2, 0.25) is 0 Å². The minimum absolute atomic E-state index is 0.0859. The van der Waals surface area contributed by atoms with Gasteiger partial charge in [-0.1, -0.05) is 66.2 Å². The van der Waals surface area contributed by atoms with Gasteiger partial charge in [0.2, 0.25) is 0 Å². The maximum atomic E-state index is 12.4. The fraction of sp³-hybridized carbons (Fsp3) is 0.871. The molecule has 2 unspecified atom stereocenters. The molecule has 0 aliphatic rings. The van der Waals surface area contributed by atoms with Gasteiger partial charge in [0.1, 0.15) is 19.3 Å². The molecule has 0 radical (unpaired) electrons. The summed E-state index contributed by atoms with van der Waals surface area (Å²) >= 11 is 0. The topological polar surface area (TPSA) is 237 Å². The van der Waals surface area contributed by atoms with Gasteiger partial charge in [0.25, 0.3) is 0 Å². The van der Waals surface area contributed by atoms with E-state index in [0.717, 1.165) is 38.5 Å². The molecule has 3 N–H and O–H groups in total. The summed E-state index contributed by atoms with van der Waals surface area (Å²) in [5.41, 5.74) is 0. The van der Waals surface area contributed by atoms with Crippen molar-refractivity contribution in [3.8, 4) is 0 Å². The van der Waals surface area contributed by atoms with Crippen LogP contribution in [0.1, 0.15) is 118 Å². The molecule has 50 heavy (non-hydrogen) atoms. The third kappa shape index (κ3) is 27.7. The monoisotopic (exact) mass is 764 g/mol. The lowest BCUT2D eigenvalue weighted by atomic mass is 10.1. The highest BCUT2D eigenvalue weighted by atomic mass is 31.2. The van der Waals surface area contributed by atoms with E-state index in [1.54, 1.807) is 6.92 Å². The van der Waals surface area contributed by atoms with Gasteiger partial charge in [-0.2, -0.15) is 0 Å². The van der Waals surface area contributed by atoms with Gasteiger partial charge in [-0.15, -0.1) is 0 Å². The van der Waals surface area contributed by atoms with E-state index in [9.17, 15) is 43.2 Å². The molecule has 0 heterocycles. The Hall–Kier alpha value is -1.94. The molecule has 0 saturated heterocycles. The maximum absolute atomic E-state index is 12.4. The van der Waals surface area contributed by atoms with Gasteiger partial charge in [-0.05, 0) is 25.7 Å². The highest BCUT2D eigenvalue weighted by Crippen LogP contribution is 2.45. The van der Waals surface area contributed by atoms with E-state index in [0.29, 0.717) is 25.7 Å². The predicted octanol–water partition coefficient (Wildman–Crippen LogP) is 5.07. The standard InChI is InChI=1S/C31H58O17P2/c1-5-9-12-14-18-31(36)48-27(22-42-29(34)16-11-7-3)24-46-50(39,40)44-20-25(32)19-43-49(37,38)45-23-26(21-41-28(33)15-8-4)47-30(35)17-13-10-6-2/h25-27,32H,5-24H2,1-4H3,(H,37,38)(H,39,40)/t25-,26+,27+/m0/s1. The summed E-state index contributed by atoms with van der Waals surface area (Å²) in [6, 6.07) is 0. The second-order valence-electron chi connectivity index (χ2n) is 11.5. The van der Waals surface area contributed by atoms with Crippen LogP contribution >= 0.6 is 15.6 Å². The fourth-order valence-corrected chi connectivity index (χ4v) is 5.40. The van der Waals surface area contributed by atoms with Crippen molar-refractivity contribution in [2.24, 2.45) is 0 Å². The summed E-state index contributed by atoms with van der Waals surface area (Å²) in [7, 11) is -9.74. The van der Waals surface area contributed by atoms with E-state index >= 15 is 0 Å². The van der Waals surface area contributed by atoms with Crippen LogP contribution in [0, 0.1) is 0 Å². The molecule has 0 aliphatic heterocycles. The van der Waals surface area contributed by atoms with Gasteiger partial charge in [0.15, 0.2) is 12.2 Å². The summed E-state index contributed by atoms with van der Waals surface area (Å²) in [6.45, 7) is 3.63. The number of esters is 4. The molecular formula is C31H58O17P2. The van der Waals surface area contributed by atoms with Crippen molar-refractivity contribution in [3.63, 3.8) is 0 Å². The van der Waals surface area contributed by atoms with E-state index in [-0.39, 0.29) is 25.7 Å². The zero-order valence-electron chi connectivity index (χ0n) is 29.8. The number of phosphoric acid groups is 2. The first-order chi connectivity index (χ1) is 23.7.